The van der Waals surface area contributed by atoms with Crippen molar-refractivity contribution in [3.8, 4) is 23.0 Å². The Labute approximate surface area is 198 Å². The van der Waals surface area contributed by atoms with Crippen molar-refractivity contribution in [1.29, 1.82) is 0 Å². The SMILES string of the molecule is O=C(C#CCNC(=O)OCC1c2ccccc2-c2ccccc21)NCC1(C(=O)O)CCCCC1. The highest BCUT2D eigenvalue weighted by molar-refractivity contribution is 5.94. The zero-order valence-electron chi connectivity index (χ0n) is 18.9. The summed E-state index contributed by atoms with van der Waals surface area (Å²) in [5.74, 6) is 3.51. The highest BCUT2D eigenvalue weighted by Crippen LogP contribution is 2.44. The summed E-state index contributed by atoms with van der Waals surface area (Å²) in [5.41, 5.74) is 3.66. The molecule has 7 heteroatoms. The Morgan fingerprint density at radius 3 is 2.18 bits per heavy atom. The van der Waals surface area contributed by atoms with E-state index >= 15 is 0 Å². The smallest absolute Gasteiger partial charge is 0.407 e. The van der Waals surface area contributed by atoms with E-state index in [4.69, 9.17) is 4.74 Å². The summed E-state index contributed by atoms with van der Waals surface area (Å²) in [6, 6.07) is 16.2. The Balaban J connectivity index is 1.23. The lowest BCUT2D eigenvalue weighted by atomic mass is 9.74. The number of alkyl carbamates (subject to hydrolysis) is 1. The second-order valence-corrected chi connectivity index (χ2v) is 8.81. The molecule has 176 valence electrons. The molecule has 0 aliphatic heterocycles. The summed E-state index contributed by atoms with van der Waals surface area (Å²) in [7, 11) is 0. The van der Waals surface area contributed by atoms with Crippen LogP contribution in [0.5, 0.6) is 0 Å². The van der Waals surface area contributed by atoms with E-state index in [2.05, 4.69) is 34.6 Å². The van der Waals surface area contributed by atoms with E-state index < -0.39 is 23.4 Å². The topological polar surface area (TPSA) is 105 Å². The van der Waals surface area contributed by atoms with Gasteiger partial charge in [0.2, 0.25) is 0 Å². The average molecular weight is 461 g/mol. The molecule has 34 heavy (non-hydrogen) atoms. The van der Waals surface area contributed by atoms with Gasteiger partial charge in [-0.05, 0) is 41.0 Å². The molecule has 0 unspecified atom stereocenters. The van der Waals surface area contributed by atoms with Crippen molar-refractivity contribution in [3.05, 3.63) is 59.7 Å². The first kappa shape index (κ1) is 23.4. The second kappa shape index (κ2) is 10.4. The summed E-state index contributed by atoms with van der Waals surface area (Å²) in [6.45, 7) is 0.217. The van der Waals surface area contributed by atoms with E-state index in [-0.39, 0.29) is 25.6 Å². The van der Waals surface area contributed by atoms with E-state index in [0.717, 1.165) is 41.5 Å². The van der Waals surface area contributed by atoms with Gasteiger partial charge in [0, 0.05) is 12.5 Å². The molecule has 2 aliphatic rings. The van der Waals surface area contributed by atoms with Crippen LogP contribution < -0.4 is 10.6 Å². The normalized spacial score (nSPS) is 15.8. The van der Waals surface area contributed by atoms with Gasteiger partial charge in [-0.3, -0.25) is 9.59 Å². The van der Waals surface area contributed by atoms with Crippen LogP contribution in [0.3, 0.4) is 0 Å². The van der Waals surface area contributed by atoms with Gasteiger partial charge >= 0.3 is 12.1 Å². The van der Waals surface area contributed by atoms with Crippen LogP contribution in [0.1, 0.15) is 49.1 Å². The molecule has 1 fully saturated rings. The van der Waals surface area contributed by atoms with Gasteiger partial charge in [0.1, 0.15) is 6.61 Å². The maximum Gasteiger partial charge on any atom is 0.407 e. The number of ether oxygens (including phenoxy) is 1. The zero-order valence-corrected chi connectivity index (χ0v) is 18.9. The predicted octanol–water partition coefficient (Wildman–Crippen LogP) is 3.68. The molecule has 2 aromatic rings. The Morgan fingerprint density at radius 1 is 0.941 bits per heavy atom. The monoisotopic (exact) mass is 460 g/mol. The van der Waals surface area contributed by atoms with E-state index in [1.54, 1.807) is 0 Å². The molecule has 4 rings (SSSR count). The largest absolute Gasteiger partial charge is 0.481 e. The van der Waals surface area contributed by atoms with Crippen LogP contribution in [0.25, 0.3) is 11.1 Å². The maximum absolute atomic E-state index is 12.2. The van der Waals surface area contributed by atoms with Crippen LogP contribution in [-0.4, -0.2) is 42.8 Å². The van der Waals surface area contributed by atoms with Gasteiger partial charge in [0.05, 0.1) is 12.0 Å². The molecule has 2 aromatic carbocycles. The number of fused-ring (bicyclic) bond motifs is 3. The summed E-state index contributed by atoms with van der Waals surface area (Å²) < 4.78 is 5.43. The molecule has 2 amide bonds. The van der Waals surface area contributed by atoms with E-state index in [1.807, 2.05) is 36.4 Å². The van der Waals surface area contributed by atoms with Gasteiger partial charge in [-0.25, -0.2) is 4.79 Å². The van der Waals surface area contributed by atoms with Crippen molar-refractivity contribution >= 4 is 18.0 Å². The summed E-state index contributed by atoms with van der Waals surface area (Å²) in [5, 5.41) is 14.7. The predicted molar refractivity (Wildman–Crippen MR) is 127 cm³/mol. The lowest BCUT2D eigenvalue weighted by molar-refractivity contribution is -0.150. The molecular weight excluding hydrogens is 432 g/mol. The third kappa shape index (κ3) is 5.07. The molecule has 0 bridgehead atoms. The average Bonchev–Trinajstić information content (AvgIpc) is 3.18. The molecule has 3 N–H and O–H groups in total. The van der Waals surface area contributed by atoms with Crippen LogP contribution in [0.2, 0.25) is 0 Å². The third-order valence-corrected chi connectivity index (χ3v) is 6.72. The molecule has 0 saturated heterocycles. The number of carbonyl (C=O) groups excluding carboxylic acids is 2. The van der Waals surface area contributed by atoms with Gasteiger partial charge in [-0.1, -0.05) is 73.7 Å². The lowest BCUT2D eigenvalue weighted by Crippen LogP contribution is -2.44. The van der Waals surface area contributed by atoms with Crippen LogP contribution in [0.15, 0.2) is 48.5 Å². The Bertz CT molecular complexity index is 1100. The van der Waals surface area contributed by atoms with E-state index in [9.17, 15) is 19.5 Å². The summed E-state index contributed by atoms with van der Waals surface area (Å²) in [4.78, 5) is 35.8. The number of amides is 2. The van der Waals surface area contributed by atoms with Gasteiger partial charge < -0.3 is 20.5 Å². The molecule has 7 nitrogen and oxygen atoms in total. The Morgan fingerprint density at radius 2 is 1.56 bits per heavy atom. The lowest BCUT2D eigenvalue weighted by Gasteiger charge is -2.32. The maximum atomic E-state index is 12.2. The molecule has 0 aromatic heterocycles. The highest BCUT2D eigenvalue weighted by Gasteiger charge is 2.39. The van der Waals surface area contributed by atoms with Gasteiger partial charge in [0.15, 0.2) is 0 Å². The van der Waals surface area contributed by atoms with Crippen molar-refractivity contribution in [1.82, 2.24) is 10.6 Å². The van der Waals surface area contributed by atoms with Crippen LogP contribution in [0, 0.1) is 17.3 Å². The number of aliphatic carboxylic acids is 1. The number of rotatable bonds is 6. The standard InChI is InChI=1S/C27H28N2O5/c30-24(29-18-27(25(31)32)14-6-1-7-15-27)13-8-16-28-26(33)34-17-23-21-11-4-2-9-19(21)20-10-3-5-12-22(20)23/h2-5,9-12,23H,1,6-7,14-18H2,(H,28,33)(H,29,30)(H,31,32). The zero-order chi connectivity index (χ0) is 24.0. The van der Waals surface area contributed by atoms with Crippen molar-refractivity contribution in [2.45, 2.75) is 38.0 Å². The van der Waals surface area contributed by atoms with Crippen LogP contribution in [-0.2, 0) is 14.3 Å². The molecule has 1 saturated carbocycles. The van der Waals surface area contributed by atoms with Crippen molar-refractivity contribution in [2.75, 3.05) is 19.7 Å². The molecule has 0 atom stereocenters. The Kier molecular flexibility index (Phi) is 7.17. The number of hydrogen-bond acceptors (Lipinski definition) is 4. The molecule has 0 radical (unpaired) electrons. The first-order chi connectivity index (χ1) is 16.5. The highest BCUT2D eigenvalue weighted by atomic mass is 16.5. The Hall–Kier alpha value is -3.79. The molecular formula is C27H28N2O5. The second-order valence-electron chi connectivity index (χ2n) is 8.81. The number of benzene rings is 2. The number of carbonyl (C=O) groups is 3. The molecule has 0 spiro atoms. The minimum Gasteiger partial charge on any atom is -0.481 e. The number of carboxylic acids is 1. The summed E-state index contributed by atoms with van der Waals surface area (Å²) in [6.07, 6.45) is 3.21. The third-order valence-electron chi connectivity index (χ3n) is 6.72. The van der Waals surface area contributed by atoms with E-state index in [0.29, 0.717) is 12.8 Å². The fourth-order valence-electron chi connectivity index (χ4n) is 4.88. The van der Waals surface area contributed by atoms with E-state index in [1.165, 1.54) is 0 Å². The van der Waals surface area contributed by atoms with Gasteiger partial charge in [0.25, 0.3) is 5.91 Å². The van der Waals surface area contributed by atoms with Gasteiger partial charge in [-0.2, -0.15) is 0 Å². The summed E-state index contributed by atoms with van der Waals surface area (Å²) >= 11 is 0. The fourth-order valence-corrected chi connectivity index (χ4v) is 4.88. The number of nitrogens with one attached hydrogen (secondary N) is 2. The minimum absolute atomic E-state index is 0.0312. The van der Waals surface area contributed by atoms with Crippen molar-refractivity contribution in [3.63, 3.8) is 0 Å². The molecule has 0 heterocycles. The van der Waals surface area contributed by atoms with Crippen LogP contribution >= 0.6 is 0 Å². The van der Waals surface area contributed by atoms with Gasteiger partial charge in [-0.15, -0.1) is 0 Å². The fraction of sp³-hybridized carbons (Fsp3) is 0.370. The molecule has 2 aliphatic carbocycles. The van der Waals surface area contributed by atoms with Crippen molar-refractivity contribution in [2.24, 2.45) is 5.41 Å². The number of hydrogen-bond donors (Lipinski definition) is 3. The quantitative estimate of drug-likeness (QED) is 0.571. The minimum atomic E-state index is -0.908. The number of carboxylic acid groups (broad SMARTS) is 1. The van der Waals surface area contributed by atoms with Crippen LogP contribution in [0.4, 0.5) is 4.79 Å². The van der Waals surface area contributed by atoms with Crippen molar-refractivity contribution < 1.29 is 24.2 Å². The first-order valence-corrected chi connectivity index (χ1v) is 11.6. The first-order valence-electron chi connectivity index (χ1n) is 11.6.